The van der Waals surface area contributed by atoms with Crippen LogP contribution in [0.2, 0.25) is 0 Å². The Bertz CT molecular complexity index is 181. The van der Waals surface area contributed by atoms with Crippen molar-refractivity contribution in [3.8, 4) is 0 Å². The van der Waals surface area contributed by atoms with Crippen molar-refractivity contribution in [2.45, 2.75) is 37.3 Å². The van der Waals surface area contributed by atoms with E-state index in [4.69, 9.17) is 9.47 Å². The fourth-order valence-corrected chi connectivity index (χ4v) is 1.77. The van der Waals surface area contributed by atoms with E-state index < -0.39 is 0 Å². The molecule has 84 valence electrons. The molecule has 0 aromatic heterocycles. The third kappa shape index (κ3) is 3.77. The molecule has 1 rings (SSSR count). The summed E-state index contributed by atoms with van der Waals surface area (Å²) in [4.78, 5) is 1.94. The molecular weight excluding hydrogens is 198 g/mol. The number of nitrogens with zero attached hydrogens (tertiary/aromatic N) is 1. The van der Waals surface area contributed by atoms with Crippen molar-refractivity contribution in [2.24, 2.45) is 0 Å². The molecule has 0 radical (unpaired) electrons. The number of thiol groups is 1. The van der Waals surface area contributed by atoms with Gasteiger partial charge in [-0.2, -0.15) is 0 Å². The summed E-state index contributed by atoms with van der Waals surface area (Å²) in [7, 11) is 3.88. The molecule has 0 saturated carbocycles. The van der Waals surface area contributed by atoms with Crippen LogP contribution in [0.25, 0.3) is 0 Å². The standard InChI is InChI=1S/C10H21NO2S/c1-10(2,14)13-7-8-5-9(12-4)6-11(8)3/h8-9,14H,5-7H2,1-4H3/t8-,9-/m0/s1. The van der Waals surface area contributed by atoms with E-state index in [9.17, 15) is 0 Å². The van der Waals surface area contributed by atoms with Gasteiger partial charge in [-0.1, -0.05) is 0 Å². The zero-order valence-corrected chi connectivity index (χ0v) is 10.4. The molecule has 1 aliphatic heterocycles. The zero-order valence-electron chi connectivity index (χ0n) is 9.49. The molecule has 0 unspecified atom stereocenters. The van der Waals surface area contributed by atoms with E-state index in [2.05, 4.69) is 24.6 Å². The van der Waals surface area contributed by atoms with Gasteiger partial charge < -0.3 is 9.47 Å². The second-order valence-corrected chi connectivity index (χ2v) is 5.52. The minimum absolute atomic E-state index is 0.341. The molecule has 1 saturated heterocycles. The predicted octanol–water partition coefficient (Wildman–Crippen LogP) is 1.39. The molecule has 4 heteroatoms. The molecule has 1 aliphatic rings. The Hall–Kier alpha value is 0.230. The van der Waals surface area contributed by atoms with Gasteiger partial charge in [0.15, 0.2) is 0 Å². The Balaban J connectivity index is 2.32. The molecular formula is C10H21NO2S. The van der Waals surface area contributed by atoms with E-state index in [0.717, 1.165) is 19.6 Å². The van der Waals surface area contributed by atoms with Crippen LogP contribution in [-0.2, 0) is 9.47 Å². The van der Waals surface area contributed by atoms with Crippen molar-refractivity contribution in [2.75, 3.05) is 27.3 Å². The minimum atomic E-state index is -0.341. The van der Waals surface area contributed by atoms with Crippen LogP contribution in [0.1, 0.15) is 20.3 Å². The van der Waals surface area contributed by atoms with Gasteiger partial charge in [-0.05, 0) is 27.3 Å². The molecule has 3 nitrogen and oxygen atoms in total. The van der Waals surface area contributed by atoms with Crippen molar-refractivity contribution >= 4 is 12.6 Å². The summed E-state index contributed by atoms with van der Waals surface area (Å²) < 4.78 is 11.0. The quantitative estimate of drug-likeness (QED) is 0.570. The van der Waals surface area contributed by atoms with E-state index in [1.54, 1.807) is 7.11 Å². The second-order valence-electron chi connectivity index (χ2n) is 4.44. The lowest BCUT2D eigenvalue weighted by atomic mass is 10.2. The Labute approximate surface area is 92.2 Å². The number of hydrogen-bond acceptors (Lipinski definition) is 4. The first-order valence-electron chi connectivity index (χ1n) is 5.01. The molecule has 0 aliphatic carbocycles. The van der Waals surface area contributed by atoms with E-state index in [1.165, 1.54) is 0 Å². The van der Waals surface area contributed by atoms with Crippen LogP contribution in [0.3, 0.4) is 0 Å². The van der Waals surface area contributed by atoms with Gasteiger partial charge in [0, 0.05) is 19.7 Å². The van der Waals surface area contributed by atoms with Crippen molar-refractivity contribution in [3.05, 3.63) is 0 Å². The van der Waals surface area contributed by atoms with Crippen LogP contribution < -0.4 is 0 Å². The van der Waals surface area contributed by atoms with Gasteiger partial charge in [-0.3, -0.25) is 4.90 Å². The van der Waals surface area contributed by atoms with Gasteiger partial charge in [0.2, 0.25) is 0 Å². The van der Waals surface area contributed by atoms with Crippen molar-refractivity contribution in [1.82, 2.24) is 4.90 Å². The highest BCUT2D eigenvalue weighted by Gasteiger charge is 2.30. The van der Waals surface area contributed by atoms with Gasteiger partial charge >= 0.3 is 0 Å². The Morgan fingerprint density at radius 3 is 2.57 bits per heavy atom. The highest BCUT2D eigenvalue weighted by atomic mass is 32.1. The monoisotopic (exact) mass is 219 g/mol. The van der Waals surface area contributed by atoms with Crippen LogP contribution in [0.5, 0.6) is 0 Å². The number of hydrogen-bond donors (Lipinski definition) is 1. The summed E-state index contributed by atoms with van der Waals surface area (Å²) in [6.45, 7) is 5.64. The smallest absolute Gasteiger partial charge is 0.105 e. The highest BCUT2D eigenvalue weighted by Crippen LogP contribution is 2.21. The third-order valence-electron chi connectivity index (χ3n) is 2.61. The van der Waals surface area contributed by atoms with Crippen LogP contribution in [0.4, 0.5) is 0 Å². The summed E-state index contributed by atoms with van der Waals surface area (Å²) in [5.41, 5.74) is 0. The van der Waals surface area contributed by atoms with Crippen molar-refractivity contribution < 1.29 is 9.47 Å². The van der Waals surface area contributed by atoms with Gasteiger partial charge in [-0.25, -0.2) is 0 Å². The number of likely N-dealkylation sites (tertiary alicyclic amines) is 1. The number of methoxy groups -OCH3 is 1. The zero-order chi connectivity index (χ0) is 10.8. The fraction of sp³-hybridized carbons (Fsp3) is 1.00. The fourth-order valence-electron chi connectivity index (χ4n) is 1.69. The SMILES string of the molecule is CO[C@H]1C[C@@H](COC(C)(C)S)N(C)C1. The van der Waals surface area contributed by atoms with E-state index >= 15 is 0 Å². The Morgan fingerprint density at radius 2 is 2.14 bits per heavy atom. The molecule has 0 spiro atoms. The van der Waals surface area contributed by atoms with E-state index in [0.29, 0.717) is 12.1 Å². The van der Waals surface area contributed by atoms with Crippen molar-refractivity contribution in [3.63, 3.8) is 0 Å². The van der Waals surface area contributed by atoms with Crippen LogP contribution in [-0.4, -0.2) is 49.3 Å². The van der Waals surface area contributed by atoms with Gasteiger partial charge in [-0.15, -0.1) is 12.6 Å². The Morgan fingerprint density at radius 1 is 1.50 bits per heavy atom. The molecule has 0 aromatic rings. The maximum Gasteiger partial charge on any atom is 0.105 e. The largest absolute Gasteiger partial charge is 0.380 e. The molecule has 1 fully saturated rings. The minimum Gasteiger partial charge on any atom is -0.380 e. The first-order valence-corrected chi connectivity index (χ1v) is 5.46. The highest BCUT2D eigenvalue weighted by molar-refractivity contribution is 7.81. The van der Waals surface area contributed by atoms with Crippen LogP contribution in [0.15, 0.2) is 0 Å². The van der Waals surface area contributed by atoms with Gasteiger partial charge in [0.25, 0.3) is 0 Å². The molecule has 0 aromatic carbocycles. The maximum absolute atomic E-state index is 5.64. The summed E-state index contributed by atoms with van der Waals surface area (Å²) in [6.07, 6.45) is 1.41. The van der Waals surface area contributed by atoms with Crippen LogP contribution in [0, 0.1) is 0 Å². The Kier molecular flexibility index (Phi) is 4.25. The van der Waals surface area contributed by atoms with E-state index in [1.807, 2.05) is 13.8 Å². The average Bonchev–Trinajstić information content (AvgIpc) is 2.42. The normalized spacial score (nSPS) is 29.8. The molecule has 14 heavy (non-hydrogen) atoms. The maximum atomic E-state index is 5.64. The molecule has 0 bridgehead atoms. The first-order chi connectivity index (χ1) is 6.42. The summed E-state index contributed by atoms with van der Waals surface area (Å²) in [5, 5.41) is 0. The second kappa shape index (κ2) is 4.84. The lowest BCUT2D eigenvalue weighted by molar-refractivity contribution is 0.0224. The van der Waals surface area contributed by atoms with Crippen LogP contribution >= 0.6 is 12.6 Å². The third-order valence-corrected chi connectivity index (χ3v) is 2.74. The topological polar surface area (TPSA) is 21.7 Å². The predicted molar refractivity (Wildman–Crippen MR) is 60.8 cm³/mol. The number of rotatable bonds is 4. The van der Waals surface area contributed by atoms with E-state index in [-0.39, 0.29) is 4.93 Å². The molecule has 0 N–H and O–H groups in total. The number of likely N-dealkylation sites (N-methyl/N-ethyl adjacent to an activating group) is 1. The molecule has 1 heterocycles. The molecule has 2 atom stereocenters. The van der Waals surface area contributed by atoms with Crippen molar-refractivity contribution in [1.29, 1.82) is 0 Å². The lowest BCUT2D eigenvalue weighted by Crippen LogP contribution is -2.32. The lowest BCUT2D eigenvalue weighted by Gasteiger charge is -2.24. The molecule has 0 amide bonds. The first kappa shape index (κ1) is 12.3. The summed E-state index contributed by atoms with van der Waals surface area (Å²) in [5.74, 6) is 0. The summed E-state index contributed by atoms with van der Waals surface area (Å²) in [6, 6.07) is 0.464. The number of ether oxygens (including phenoxy) is 2. The van der Waals surface area contributed by atoms with Gasteiger partial charge in [0.05, 0.1) is 12.7 Å². The van der Waals surface area contributed by atoms with Gasteiger partial charge in [0.1, 0.15) is 4.93 Å². The average molecular weight is 219 g/mol. The summed E-state index contributed by atoms with van der Waals surface area (Å²) >= 11 is 4.33.